The molecule has 20 heavy (non-hydrogen) atoms. The number of rotatable bonds is 3. The topological polar surface area (TPSA) is 45.4 Å². The highest BCUT2D eigenvalue weighted by Gasteiger charge is 2.26. The minimum atomic E-state index is 0.632. The SMILES string of the molecule is Nc1cc(CN2CCCC(N3CCCCC3)C2)ccn1. The van der Waals surface area contributed by atoms with Gasteiger partial charge in [0.25, 0.3) is 0 Å². The number of nitrogens with two attached hydrogens (primary N) is 1. The van der Waals surface area contributed by atoms with Crippen molar-refractivity contribution in [3.05, 3.63) is 23.9 Å². The van der Waals surface area contributed by atoms with Gasteiger partial charge in [0.05, 0.1) is 0 Å². The Morgan fingerprint density at radius 3 is 2.80 bits per heavy atom. The third-order valence-electron chi connectivity index (χ3n) is 4.64. The van der Waals surface area contributed by atoms with E-state index in [9.17, 15) is 0 Å². The Morgan fingerprint density at radius 1 is 1.15 bits per heavy atom. The van der Waals surface area contributed by atoms with Gasteiger partial charge in [0.2, 0.25) is 0 Å². The molecule has 2 fully saturated rings. The number of aromatic nitrogens is 1. The van der Waals surface area contributed by atoms with Crippen LogP contribution >= 0.6 is 0 Å². The average Bonchev–Trinajstić information content (AvgIpc) is 2.48. The number of nitrogen functional groups attached to an aromatic ring is 1. The number of pyridine rings is 1. The third kappa shape index (κ3) is 3.49. The van der Waals surface area contributed by atoms with Gasteiger partial charge in [0.15, 0.2) is 0 Å². The fourth-order valence-electron chi connectivity index (χ4n) is 3.61. The second kappa shape index (κ2) is 6.55. The molecule has 2 saturated heterocycles. The summed E-state index contributed by atoms with van der Waals surface area (Å²) < 4.78 is 0. The van der Waals surface area contributed by atoms with Crippen LogP contribution in [-0.4, -0.2) is 47.0 Å². The Bertz CT molecular complexity index is 428. The number of hydrogen-bond donors (Lipinski definition) is 1. The molecule has 0 aliphatic carbocycles. The first kappa shape index (κ1) is 13.8. The van der Waals surface area contributed by atoms with Crippen molar-refractivity contribution in [1.82, 2.24) is 14.8 Å². The summed E-state index contributed by atoms with van der Waals surface area (Å²) in [7, 11) is 0. The lowest BCUT2D eigenvalue weighted by molar-refractivity contribution is 0.0792. The van der Waals surface area contributed by atoms with Crippen molar-refractivity contribution in [3.8, 4) is 0 Å². The summed E-state index contributed by atoms with van der Waals surface area (Å²) in [5.74, 6) is 0.632. The van der Waals surface area contributed by atoms with E-state index in [-0.39, 0.29) is 0 Å². The molecule has 2 aliphatic heterocycles. The first-order valence-corrected chi connectivity index (χ1v) is 7.98. The molecule has 0 spiro atoms. The van der Waals surface area contributed by atoms with Crippen molar-refractivity contribution in [2.75, 3.05) is 31.9 Å². The predicted octanol–water partition coefficient (Wildman–Crippen LogP) is 2.11. The molecule has 0 saturated carbocycles. The molecule has 4 nitrogen and oxygen atoms in total. The van der Waals surface area contributed by atoms with E-state index in [0.29, 0.717) is 5.82 Å². The molecular formula is C16H26N4. The lowest BCUT2D eigenvalue weighted by Gasteiger charge is -2.41. The highest BCUT2D eigenvalue weighted by Crippen LogP contribution is 2.21. The van der Waals surface area contributed by atoms with Gasteiger partial charge in [-0.1, -0.05) is 6.42 Å². The number of anilines is 1. The first-order valence-electron chi connectivity index (χ1n) is 7.98. The summed E-state index contributed by atoms with van der Waals surface area (Å²) in [5, 5.41) is 0. The van der Waals surface area contributed by atoms with Gasteiger partial charge in [-0.25, -0.2) is 4.98 Å². The van der Waals surface area contributed by atoms with E-state index in [1.165, 1.54) is 63.8 Å². The molecule has 1 aromatic heterocycles. The molecule has 2 N–H and O–H groups in total. The molecule has 110 valence electrons. The predicted molar refractivity (Wildman–Crippen MR) is 82.4 cm³/mol. The molecular weight excluding hydrogens is 248 g/mol. The second-order valence-corrected chi connectivity index (χ2v) is 6.22. The van der Waals surface area contributed by atoms with Crippen LogP contribution in [0.2, 0.25) is 0 Å². The zero-order chi connectivity index (χ0) is 13.8. The minimum Gasteiger partial charge on any atom is -0.384 e. The summed E-state index contributed by atoms with van der Waals surface area (Å²) in [6.07, 6.45) is 8.70. The van der Waals surface area contributed by atoms with E-state index < -0.39 is 0 Å². The molecule has 0 bridgehead atoms. The van der Waals surface area contributed by atoms with Gasteiger partial charge in [0, 0.05) is 25.3 Å². The van der Waals surface area contributed by atoms with Crippen molar-refractivity contribution in [2.24, 2.45) is 0 Å². The van der Waals surface area contributed by atoms with Crippen LogP contribution in [0.5, 0.6) is 0 Å². The molecule has 3 heterocycles. The van der Waals surface area contributed by atoms with Gasteiger partial charge in [-0.2, -0.15) is 0 Å². The highest BCUT2D eigenvalue weighted by atomic mass is 15.2. The second-order valence-electron chi connectivity index (χ2n) is 6.22. The van der Waals surface area contributed by atoms with Gasteiger partial charge in [-0.3, -0.25) is 9.80 Å². The van der Waals surface area contributed by atoms with Crippen LogP contribution < -0.4 is 5.73 Å². The maximum Gasteiger partial charge on any atom is 0.123 e. The number of likely N-dealkylation sites (tertiary alicyclic amines) is 2. The summed E-state index contributed by atoms with van der Waals surface area (Å²) in [5.41, 5.74) is 7.06. The maximum absolute atomic E-state index is 5.77. The van der Waals surface area contributed by atoms with Crippen molar-refractivity contribution in [1.29, 1.82) is 0 Å². The Labute approximate surface area is 122 Å². The van der Waals surface area contributed by atoms with Crippen LogP contribution in [0.25, 0.3) is 0 Å². The van der Waals surface area contributed by atoms with E-state index in [4.69, 9.17) is 5.73 Å². The molecule has 4 heteroatoms. The summed E-state index contributed by atoms with van der Waals surface area (Å²) in [4.78, 5) is 9.37. The van der Waals surface area contributed by atoms with Crippen LogP contribution in [0.1, 0.15) is 37.7 Å². The lowest BCUT2D eigenvalue weighted by Crippen LogP contribution is -2.49. The quantitative estimate of drug-likeness (QED) is 0.917. The van der Waals surface area contributed by atoms with Crippen LogP contribution in [0, 0.1) is 0 Å². The van der Waals surface area contributed by atoms with Crippen molar-refractivity contribution in [3.63, 3.8) is 0 Å². The standard InChI is InChI=1S/C16H26N4/c17-16-11-14(6-7-18-16)12-19-8-4-5-15(13-19)20-9-2-1-3-10-20/h6-7,11,15H,1-5,8-10,12-13H2,(H2,17,18). The Balaban J connectivity index is 1.57. The van der Waals surface area contributed by atoms with E-state index in [1.807, 2.05) is 12.3 Å². The van der Waals surface area contributed by atoms with Crippen molar-refractivity contribution >= 4 is 5.82 Å². The largest absolute Gasteiger partial charge is 0.384 e. The fraction of sp³-hybridized carbons (Fsp3) is 0.688. The lowest BCUT2D eigenvalue weighted by atomic mass is 10.0. The zero-order valence-electron chi connectivity index (χ0n) is 12.3. The van der Waals surface area contributed by atoms with Gasteiger partial charge in [-0.05, 0) is 63.0 Å². The van der Waals surface area contributed by atoms with Gasteiger partial charge >= 0.3 is 0 Å². The highest BCUT2D eigenvalue weighted by molar-refractivity contribution is 5.31. The minimum absolute atomic E-state index is 0.632. The van der Waals surface area contributed by atoms with Gasteiger partial charge < -0.3 is 5.73 Å². The van der Waals surface area contributed by atoms with Crippen molar-refractivity contribution in [2.45, 2.75) is 44.7 Å². The van der Waals surface area contributed by atoms with E-state index in [0.717, 1.165) is 12.6 Å². The average molecular weight is 274 g/mol. The molecule has 1 aromatic rings. The fourth-order valence-corrected chi connectivity index (χ4v) is 3.61. The van der Waals surface area contributed by atoms with Crippen LogP contribution in [0.15, 0.2) is 18.3 Å². The molecule has 0 aromatic carbocycles. The van der Waals surface area contributed by atoms with E-state index >= 15 is 0 Å². The maximum atomic E-state index is 5.77. The van der Waals surface area contributed by atoms with Gasteiger partial charge in [-0.15, -0.1) is 0 Å². The molecule has 1 atom stereocenters. The van der Waals surface area contributed by atoms with Crippen LogP contribution in [0.3, 0.4) is 0 Å². The molecule has 2 aliphatic rings. The number of nitrogens with zero attached hydrogens (tertiary/aromatic N) is 3. The normalized spacial score (nSPS) is 25.7. The van der Waals surface area contributed by atoms with E-state index in [2.05, 4.69) is 20.9 Å². The smallest absolute Gasteiger partial charge is 0.123 e. The van der Waals surface area contributed by atoms with E-state index in [1.54, 1.807) is 0 Å². The monoisotopic (exact) mass is 274 g/mol. The summed E-state index contributed by atoms with van der Waals surface area (Å²) in [6.45, 7) is 6.05. The number of piperidine rings is 2. The Kier molecular flexibility index (Phi) is 4.53. The van der Waals surface area contributed by atoms with Crippen LogP contribution in [-0.2, 0) is 6.54 Å². The molecule has 1 unspecified atom stereocenters. The zero-order valence-corrected chi connectivity index (χ0v) is 12.3. The first-order chi connectivity index (χ1) is 9.81. The summed E-state index contributed by atoms with van der Waals surface area (Å²) in [6, 6.07) is 4.86. The Morgan fingerprint density at radius 2 is 2.00 bits per heavy atom. The molecule has 0 radical (unpaired) electrons. The Hall–Kier alpha value is -1.13. The van der Waals surface area contributed by atoms with Crippen molar-refractivity contribution < 1.29 is 0 Å². The number of hydrogen-bond acceptors (Lipinski definition) is 4. The van der Waals surface area contributed by atoms with Gasteiger partial charge in [0.1, 0.15) is 5.82 Å². The van der Waals surface area contributed by atoms with Crippen LogP contribution in [0.4, 0.5) is 5.82 Å². The summed E-state index contributed by atoms with van der Waals surface area (Å²) >= 11 is 0. The third-order valence-corrected chi connectivity index (χ3v) is 4.64. The molecule has 3 rings (SSSR count). The molecule has 0 amide bonds.